The fraction of sp³-hybridized carbons (Fsp3) is 0.653. The number of benzene rings is 2. The number of morpholine rings is 1. The highest BCUT2D eigenvalue weighted by Crippen LogP contribution is 2.37. The van der Waals surface area contributed by atoms with Gasteiger partial charge in [0.05, 0.1) is 50.9 Å². The molecule has 34 heteroatoms. The van der Waals surface area contributed by atoms with Crippen LogP contribution in [-0.4, -0.2) is 277 Å². The lowest BCUT2D eigenvalue weighted by Crippen LogP contribution is -2.65. The SMILES string of the molecule is CCCN1C(=O)CN(C)C(=O)CN(C)C(=O)[C@H]([C@@H](C)CC)NC(=O)[C@@H]2CCC/C=C\C[C@](C)(NC(=O)[C@@H]3C[C@@H](OCC)CN3C(=O)[C@H](CCc3cc(F)c(C(F)(F)F)c(F)c3)NC(=O)CN(C)C(=O)[C@@H]1Cc1ccc(C(F)(F)F)cc1)C(=O)N(C)[C@@H](C1CCCC1)C(=O)N(C)[C@H](C(=O)N1CCOCC1)CC(=O)N2C. The molecular formula is C75H104F8N12O14. The zero-order chi connectivity index (χ0) is 80.7. The number of likely N-dealkylation sites (N-methyl/N-ethyl adjacent to an activating group) is 6. The third-order valence-corrected chi connectivity index (χ3v) is 21.4. The number of allylic oxidation sites excluding steroid dienone is 1. The molecule has 0 aromatic heterocycles. The normalized spacial score (nSPS) is 26.6. The molecule has 4 heterocycles. The Morgan fingerprint density at radius 3 is 1.90 bits per heavy atom. The summed E-state index contributed by atoms with van der Waals surface area (Å²) in [6.45, 7) is 5.55. The van der Waals surface area contributed by atoms with Crippen molar-refractivity contribution in [2.75, 3.05) is 108 Å². The van der Waals surface area contributed by atoms with Crippen LogP contribution in [0.5, 0.6) is 0 Å². The van der Waals surface area contributed by atoms with Crippen molar-refractivity contribution in [2.24, 2.45) is 11.8 Å². The van der Waals surface area contributed by atoms with Crippen LogP contribution in [0.2, 0.25) is 0 Å². The van der Waals surface area contributed by atoms with Crippen LogP contribution in [0.1, 0.15) is 140 Å². The molecule has 604 valence electrons. The van der Waals surface area contributed by atoms with Crippen LogP contribution in [0.15, 0.2) is 48.6 Å². The molecule has 3 N–H and O–H groups in total. The van der Waals surface area contributed by atoms with Gasteiger partial charge in [-0.1, -0.05) is 64.3 Å². The summed E-state index contributed by atoms with van der Waals surface area (Å²) < 4.78 is 125. The molecule has 109 heavy (non-hydrogen) atoms. The minimum Gasteiger partial charge on any atom is -0.378 e. The fourth-order valence-corrected chi connectivity index (χ4v) is 14.9. The van der Waals surface area contributed by atoms with E-state index in [9.17, 15) is 45.5 Å². The molecule has 5 aliphatic rings. The number of rotatable bonds is 13. The highest BCUT2D eigenvalue weighted by Gasteiger charge is 2.50. The van der Waals surface area contributed by atoms with E-state index in [1.807, 2.05) is 0 Å². The van der Waals surface area contributed by atoms with Crippen molar-refractivity contribution in [1.29, 1.82) is 0 Å². The summed E-state index contributed by atoms with van der Waals surface area (Å²) in [6, 6.07) is -6.22. The van der Waals surface area contributed by atoms with Gasteiger partial charge in [0.15, 0.2) is 0 Å². The van der Waals surface area contributed by atoms with Crippen LogP contribution in [0.4, 0.5) is 35.1 Å². The second kappa shape index (κ2) is 38.2. The van der Waals surface area contributed by atoms with Gasteiger partial charge in [-0.2, -0.15) is 26.3 Å². The van der Waals surface area contributed by atoms with E-state index in [-0.39, 0.29) is 90.1 Å². The summed E-state index contributed by atoms with van der Waals surface area (Å²) in [7, 11) is 7.73. The molecule has 10 atom stereocenters. The van der Waals surface area contributed by atoms with Gasteiger partial charge in [-0.05, 0) is 119 Å². The minimum atomic E-state index is -5.47. The topological polar surface area (TPSA) is 289 Å². The Balaban J connectivity index is 1.39. The summed E-state index contributed by atoms with van der Waals surface area (Å²) in [6.07, 6.45) is -8.08. The van der Waals surface area contributed by atoms with Gasteiger partial charge in [0.2, 0.25) is 70.9 Å². The largest absolute Gasteiger partial charge is 0.422 e. The molecule has 26 nitrogen and oxygen atoms in total. The lowest BCUT2D eigenvalue weighted by atomic mass is 9.90. The molecule has 2 aromatic carbocycles. The highest BCUT2D eigenvalue weighted by atomic mass is 19.4. The van der Waals surface area contributed by atoms with E-state index in [0.717, 1.165) is 65.6 Å². The van der Waals surface area contributed by atoms with Gasteiger partial charge in [-0.25, -0.2) is 8.78 Å². The molecule has 0 radical (unpaired) electrons. The molecule has 2 bridgehead atoms. The second-order valence-electron chi connectivity index (χ2n) is 29.4. The number of nitrogens with zero attached hydrogens (tertiary/aromatic N) is 9. The number of fused-ring (bicyclic) bond motifs is 7. The number of nitrogens with one attached hydrogen (secondary N) is 3. The molecule has 0 spiro atoms. The van der Waals surface area contributed by atoms with Gasteiger partial charge in [0.1, 0.15) is 65.0 Å². The van der Waals surface area contributed by atoms with Gasteiger partial charge in [0.25, 0.3) is 0 Å². The lowest BCUT2D eigenvalue weighted by molar-refractivity contribution is -0.157. The molecule has 1 saturated carbocycles. The van der Waals surface area contributed by atoms with Crippen molar-refractivity contribution in [2.45, 2.75) is 197 Å². The zero-order valence-electron chi connectivity index (χ0n) is 63.8. The van der Waals surface area contributed by atoms with Crippen molar-refractivity contribution < 1.29 is 102 Å². The van der Waals surface area contributed by atoms with Crippen LogP contribution in [0, 0.1) is 23.5 Å². The molecule has 7 rings (SSSR count). The van der Waals surface area contributed by atoms with Crippen molar-refractivity contribution in [3.8, 4) is 0 Å². The highest BCUT2D eigenvalue weighted by molar-refractivity contribution is 6.01. The third-order valence-electron chi connectivity index (χ3n) is 21.4. The Morgan fingerprint density at radius 2 is 1.30 bits per heavy atom. The number of halogens is 8. The van der Waals surface area contributed by atoms with E-state index in [4.69, 9.17) is 9.47 Å². The number of carbonyl (C=O) groups is 12. The standard InChI is InChI=1S/C75H104F8N12O14/c1-12-31-94-57(38-46-24-27-49(28-25-46)74(78,79)80)68(103)88(7)42-58(96)84-53(29-26-47-36-51(76)62(52(77)37-47)75(81,82)83)67(102)95-41-50(109-14-3)39-55(95)66(101)86-73(5)30-20-16-15-17-23-54(65(100)85-63(45(4)13-2)70(105)89(8)43-60(98)87(6)44-61(94)99)90(9)59(97)40-56(69(104)93-32-34-108-35-33-93)91(10)71(106)64(92(11)72(73)107)48-21-18-19-22-48/h16,20,24-25,27-28,36-37,45,48,50,53-57,63-64H,12-15,17-19,21-23,26,29-35,38-44H2,1-11H3,(H,84,96)(H,85,100)(H,86,101)/b20-16-/t45-,50+,53-,54-,55-,56-,57-,63-,64-,73-/m0/s1. The summed E-state index contributed by atoms with van der Waals surface area (Å²) in [4.78, 5) is 192. The van der Waals surface area contributed by atoms with Gasteiger partial charge in [0, 0.05) is 87.9 Å². The predicted molar refractivity (Wildman–Crippen MR) is 380 cm³/mol. The van der Waals surface area contributed by atoms with Crippen LogP contribution in [-0.2, 0) is 92.2 Å². The third kappa shape index (κ3) is 22.0. The van der Waals surface area contributed by atoms with Crippen LogP contribution < -0.4 is 16.0 Å². The Labute approximate surface area is 630 Å². The first kappa shape index (κ1) is 87.4. The molecule has 3 fully saturated rings. The van der Waals surface area contributed by atoms with Gasteiger partial charge in [-0.3, -0.25) is 57.5 Å². The van der Waals surface area contributed by atoms with Gasteiger partial charge >= 0.3 is 12.4 Å². The lowest BCUT2D eigenvalue weighted by Gasteiger charge is -2.42. The van der Waals surface area contributed by atoms with Crippen molar-refractivity contribution in [3.63, 3.8) is 0 Å². The molecule has 4 aliphatic heterocycles. The fourth-order valence-electron chi connectivity index (χ4n) is 14.9. The quantitative estimate of drug-likeness (QED) is 0.173. The van der Waals surface area contributed by atoms with E-state index in [1.165, 1.54) is 52.0 Å². The average Bonchev–Trinajstić information content (AvgIpc) is 1.77. The molecule has 1 aliphatic carbocycles. The predicted octanol–water partition coefficient (Wildman–Crippen LogP) is 5.12. The maximum absolute atomic E-state index is 15.9. The molecule has 0 unspecified atom stereocenters. The number of alkyl halides is 6. The first-order valence-electron chi connectivity index (χ1n) is 37.2. The first-order chi connectivity index (χ1) is 51.3. The Kier molecular flexibility index (Phi) is 30.6. The number of hydrogen-bond acceptors (Lipinski definition) is 14. The van der Waals surface area contributed by atoms with Crippen LogP contribution >= 0.6 is 0 Å². The van der Waals surface area contributed by atoms with Crippen molar-refractivity contribution in [1.82, 2.24) is 60.0 Å². The number of hydrogen-bond donors (Lipinski definition) is 3. The molecule has 12 amide bonds. The van der Waals surface area contributed by atoms with E-state index >= 15 is 47.1 Å². The van der Waals surface area contributed by atoms with E-state index in [1.54, 1.807) is 39.8 Å². The number of ether oxygens (including phenoxy) is 2. The van der Waals surface area contributed by atoms with Gasteiger partial charge < -0.3 is 69.5 Å². The Bertz CT molecular complexity index is 3630. The van der Waals surface area contributed by atoms with Gasteiger partial charge in [-0.15, -0.1) is 0 Å². The van der Waals surface area contributed by atoms with E-state index in [0.29, 0.717) is 44.2 Å². The first-order valence-corrected chi connectivity index (χ1v) is 37.2. The van der Waals surface area contributed by atoms with Crippen molar-refractivity contribution in [3.05, 3.63) is 82.4 Å². The Morgan fingerprint density at radius 1 is 0.679 bits per heavy atom. The van der Waals surface area contributed by atoms with E-state index < -0.39 is 223 Å². The Hall–Kier alpha value is -8.82. The average molecular weight is 1550 g/mol. The summed E-state index contributed by atoms with van der Waals surface area (Å²) in [5.74, 6) is -15.5. The monoisotopic (exact) mass is 1550 g/mol. The summed E-state index contributed by atoms with van der Waals surface area (Å²) >= 11 is 0. The molecular weight excluding hydrogens is 1440 g/mol. The summed E-state index contributed by atoms with van der Waals surface area (Å²) in [5, 5.41) is 8.26. The smallest absolute Gasteiger partial charge is 0.378 e. The van der Waals surface area contributed by atoms with Crippen LogP contribution in [0.25, 0.3) is 0 Å². The second-order valence-corrected chi connectivity index (χ2v) is 29.4. The molecule has 2 aromatic rings. The molecule has 2 saturated heterocycles. The number of aryl methyl sites for hydroxylation is 1. The maximum atomic E-state index is 15.9. The summed E-state index contributed by atoms with van der Waals surface area (Å²) in [5.41, 5.74) is -5.59. The maximum Gasteiger partial charge on any atom is 0.422 e. The van der Waals surface area contributed by atoms with Crippen LogP contribution in [0.3, 0.4) is 0 Å². The van der Waals surface area contributed by atoms with E-state index in [2.05, 4.69) is 16.0 Å². The minimum absolute atomic E-state index is 0.0318. The number of carbonyl (C=O) groups excluding carboxylic acids is 12. The van der Waals surface area contributed by atoms with Crippen molar-refractivity contribution >= 4 is 70.9 Å². The zero-order valence-corrected chi connectivity index (χ0v) is 63.8. The number of amides is 12.